The van der Waals surface area contributed by atoms with E-state index in [0.29, 0.717) is 6.42 Å². The molecular weight excluding hydrogens is 1160 g/mol. The molecule has 7 atom stereocenters. The third-order valence-electron chi connectivity index (χ3n) is 20.1. The molecule has 1 aliphatic heterocycles. The van der Waals surface area contributed by atoms with E-state index in [2.05, 4.69) is 55.6 Å². The lowest BCUT2D eigenvalue weighted by Crippen LogP contribution is -2.60. The lowest BCUT2D eigenvalue weighted by Gasteiger charge is -2.40. The maximum Gasteiger partial charge on any atom is 0.220 e. The van der Waals surface area contributed by atoms with Crippen molar-refractivity contribution in [3.63, 3.8) is 0 Å². The highest BCUT2D eigenvalue weighted by atomic mass is 16.7. The number of allylic oxidation sites excluding steroid dienone is 7. The van der Waals surface area contributed by atoms with Crippen LogP contribution >= 0.6 is 0 Å². The topological polar surface area (TPSA) is 149 Å². The molecule has 0 bridgehead atoms. The average Bonchev–Trinajstić information content (AvgIpc) is 0.829. The number of amides is 1. The minimum atomic E-state index is -1.57. The van der Waals surface area contributed by atoms with Crippen molar-refractivity contribution in [3.05, 3.63) is 48.6 Å². The van der Waals surface area contributed by atoms with Gasteiger partial charge in [0.05, 0.1) is 25.4 Å². The molecule has 0 aromatic carbocycles. The Hall–Kier alpha value is -1.85. The van der Waals surface area contributed by atoms with Crippen LogP contribution in [0.5, 0.6) is 0 Å². The first-order valence-electron chi connectivity index (χ1n) is 41.9. The molecule has 1 amide bonds. The van der Waals surface area contributed by atoms with Gasteiger partial charge >= 0.3 is 0 Å². The van der Waals surface area contributed by atoms with E-state index in [0.717, 1.165) is 44.9 Å². The number of nitrogens with one attached hydrogen (secondary N) is 1. The van der Waals surface area contributed by atoms with E-state index in [1.807, 2.05) is 6.08 Å². The monoisotopic (exact) mass is 1320 g/mol. The summed E-state index contributed by atoms with van der Waals surface area (Å²) in [4.78, 5) is 13.2. The van der Waals surface area contributed by atoms with Gasteiger partial charge in [-0.15, -0.1) is 0 Å². The maximum absolute atomic E-state index is 13.2. The molecule has 0 aromatic rings. The zero-order valence-corrected chi connectivity index (χ0v) is 62.5. The average molecular weight is 1330 g/mol. The molecule has 0 aliphatic carbocycles. The SMILES string of the molecule is CCCCCCC/C=C\C/C=C\CCCCCCCCCCCCCCCCCCCCCCCCCCCCCC(=O)NC(COC1OC(CO)C(O)C(O)C1O)C(O)/C=C/CC/C=C/CCCCCCCCCCCCCCCCCCCCCCCCCCCC. The van der Waals surface area contributed by atoms with E-state index in [1.54, 1.807) is 6.08 Å². The molecule has 1 heterocycles. The summed E-state index contributed by atoms with van der Waals surface area (Å²) in [7, 11) is 0. The van der Waals surface area contributed by atoms with Crippen LogP contribution in [0.25, 0.3) is 0 Å². The zero-order chi connectivity index (χ0) is 67.8. The van der Waals surface area contributed by atoms with Crippen LogP contribution in [-0.4, -0.2) is 87.5 Å². The van der Waals surface area contributed by atoms with E-state index in [-0.39, 0.29) is 12.5 Å². The fraction of sp³-hybridized carbons (Fsp3) is 0.894. The van der Waals surface area contributed by atoms with E-state index in [4.69, 9.17) is 9.47 Å². The summed E-state index contributed by atoms with van der Waals surface area (Å²) in [6.07, 6.45) is 95.7. The Labute approximate surface area is 584 Å². The molecule has 1 aliphatic rings. The number of ether oxygens (including phenoxy) is 2. The van der Waals surface area contributed by atoms with Gasteiger partial charge in [0.25, 0.3) is 0 Å². The summed E-state index contributed by atoms with van der Waals surface area (Å²) in [6, 6.07) is -0.823. The Balaban J connectivity index is 2.05. The predicted molar refractivity (Wildman–Crippen MR) is 406 cm³/mol. The highest BCUT2D eigenvalue weighted by Gasteiger charge is 2.44. The van der Waals surface area contributed by atoms with Crippen molar-refractivity contribution in [2.24, 2.45) is 0 Å². The van der Waals surface area contributed by atoms with E-state index in [1.165, 1.54) is 366 Å². The van der Waals surface area contributed by atoms with Crippen LogP contribution in [0.15, 0.2) is 48.6 Å². The summed E-state index contributed by atoms with van der Waals surface area (Å²) in [5.41, 5.74) is 0. The van der Waals surface area contributed by atoms with Crippen LogP contribution < -0.4 is 5.32 Å². The first-order valence-corrected chi connectivity index (χ1v) is 41.9. The predicted octanol–water partition coefficient (Wildman–Crippen LogP) is 24.3. The van der Waals surface area contributed by atoms with Crippen LogP contribution in [0, 0.1) is 0 Å². The Bertz CT molecular complexity index is 1630. The molecule has 6 N–H and O–H groups in total. The number of carbonyl (C=O) groups excluding carboxylic acids is 1. The number of hydrogen-bond acceptors (Lipinski definition) is 8. The molecule has 9 nitrogen and oxygen atoms in total. The number of aliphatic hydroxyl groups excluding tert-OH is 5. The summed E-state index contributed by atoms with van der Waals surface area (Å²) < 4.78 is 11.3. The van der Waals surface area contributed by atoms with Gasteiger partial charge < -0.3 is 40.3 Å². The number of carbonyl (C=O) groups is 1. The van der Waals surface area contributed by atoms with Crippen molar-refractivity contribution in [1.29, 1.82) is 0 Å². The largest absolute Gasteiger partial charge is 0.394 e. The molecule has 1 saturated heterocycles. The summed E-state index contributed by atoms with van der Waals surface area (Å²) in [5.74, 6) is -0.177. The first kappa shape index (κ1) is 90.2. The van der Waals surface area contributed by atoms with Gasteiger partial charge in [0.2, 0.25) is 5.91 Å². The van der Waals surface area contributed by atoms with Gasteiger partial charge in [0.1, 0.15) is 24.4 Å². The summed E-state index contributed by atoms with van der Waals surface area (Å²) >= 11 is 0. The minimum absolute atomic E-state index is 0.177. The fourth-order valence-electron chi connectivity index (χ4n) is 13.6. The van der Waals surface area contributed by atoms with Crippen LogP contribution in [0.3, 0.4) is 0 Å². The van der Waals surface area contributed by atoms with E-state index in [9.17, 15) is 30.3 Å². The van der Waals surface area contributed by atoms with E-state index >= 15 is 0 Å². The van der Waals surface area contributed by atoms with Gasteiger partial charge in [-0.3, -0.25) is 4.79 Å². The first-order chi connectivity index (χ1) is 46.3. The molecule has 94 heavy (non-hydrogen) atoms. The smallest absolute Gasteiger partial charge is 0.220 e. The molecule has 0 aromatic heterocycles. The Morgan fingerprint density at radius 2 is 0.638 bits per heavy atom. The molecular formula is C85H161NO8. The number of rotatable bonds is 75. The van der Waals surface area contributed by atoms with Crippen molar-refractivity contribution in [2.45, 2.75) is 474 Å². The van der Waals surface area contributed by atoms with Crippen molar-refractivity contribution in [3.8, 4) is 0 Å². The number of aliphatic hydroxyl groups is 5. The van der Waals surface area contributed by atoms with Crippen LogP contribution in [0.2, 0.25) is 0 Å². The quantitative estimate of drug-likeness (QED) is 0.0261. The van der Waals surface area contributed by atoms with Gasteiger partial charge in [-0.25, -0.2) is 0 Å². The van der Waals surface area contributed by atoms with Gasteiger partial charge in [0.15, 0.2) is 6.29 Å². The second kappa shape index (κ2) is 73.9. The Kier molecular flexibility index (Phi) is 70.8. The Morgan fingerprint density at radius 3 is 0.957 bits per heavy atom. The highest BCUT2D eigenvalue weighted by molar-refractivity contribution is 5.76. The second-order valence-corrected chi connectivity index (χ2v) is 29.3. The summed E-state index contributed by atoms with van der Waals surface area (Å²) in [6.45, 7) is 3.82. The van der Waals surface area contributed by atoms with Crippen LogP contribution in [0.4, 0.5) is 0 Å². The third-order valence-corrected chi connectivity index (χ3v) is 20.1. The van der Waals surface area contributed by atoms with E-state index < -0.39 is 49.5 Å². The molecule has 554 valence electrons. The normalized spacial score (nSPS) is 17.7. The third kappa shape index (κ3) is 61.3. The fourth-order valence-corrected chi connectivity index (χ4v) is 13.6. The lowest BCUT2D eigenvalue weighted by molar-refractivity contribution is -0.302. The molecule has 0 spiro atoms. The van der Waals surface area contributed by atoms with Crippen molar-refractivity contribution in [2.75, 3.05) is 13.2 Å². The number of unbranched alkanes of at least 4 members (excludes halogenated alkanes) is 59. The standard InChI is InChI=1S/C85H161NO8/c1-3-5-7-9-11-13-15-17-19-21-23-25-27-29-31-33-35-37-38-39-40-41-42-43-45-47-49-51-53-55-57-59-61-63-65-67-69-71-73-75-81(89)86-78(77-93-85-84(92)83(91)82(90)80(76-87)94-85)79(88)74-72-70-68-66-64-62-60-58-56-54-52-50-48-46-44-36-34-32-30-28-26-24-22-20-18-16-14-12-10-8-6-4-2/h15,17,21,23,64,66,72,74,78-80,82-85,87-88,90-92H,3-14,16,18-20,22,24-63,65,67-71,73,75-77H2,1-2H3,(H,86,89)/b17-15-,23-21-,66-64+,74-72+. The molecule has 9 heteroatoms. The molecule has 7 unspecified atom stereocenters. The zero-order valence-electron chi connectivity index (χ0n) is 62.5. The number of hydrogen-bond donors (Lipinski definition) is 6. The highest BCUT2D eigenvalue weighted by Crippen LogP contribution is 2.24. The molecule has 0 radical (unpaired) electrons. The van der Waals surface area contributed by atoms with Gasteiger partial charge in [0, 0.05) is 6.42 Å². The molecule has 0 saturated carbocycles. The van der Waals surface area contributed by atoms with Crippen molar-refractivity contribution < 1.29 is 39.8 Å². The van der Waals surface area contributed by atoms with Gasteiger partial charge in [-0.1, -0.05) is 409 Å². The Morgan fingerprint density at radius 1 is 0.362 bits per heavy atom. The summed E-state index contributed by atoms with van der Waals surface area (Å²) in [5, 5.41) is 54.9. The molecule has 1 rings (SSSR count). The minimum Gasteiger partial charge on any atom is -0.394 e. The van der Waals surface area contributed by atoms with Crippen LogP contribution in [0.1, 0.15) is 431 Å². The van der Waals surface area contributed by atoms with Gasteiger partial charge in [-0.05, 0) is 64.2 Å². The second-order valence-electron chi connectivity index (χ2n) is 29.3. The lowest BCUT2D eigenvalue weighted by atomic mass is 9.99. The van der Waals surface area contributed by atoms with Crippen molar-refractivity contribution in [1.82, 2.24) is 5.32 Å². The molecule has 1 fully saturated rings. The van der Waals surface area contributed by atoms with Crippen LogP contribution in [-0.2, 0) is 14.3 Å². The van der Waals surface area contributed by atoms with Gasteiger partial charge in [-0.2, -0.15) is 0 Å². The van der Waals surface area contributed by atoms with Crippen molar-refractivity contribution >= 4 is 5.91 Å². The maximum atomic E-state index is 13.2.